The van der Waals surface area contributed by atoms with Crippen molar-refractivity contribution in [3.8, 4) is 5.69 Å². The van der Waals surface area contributed by atoms with Gasteiger partial charge in [0, 0.05) is 5.69 Å². The number of nitrogens with zero attached hydrogens (tertiary/aromatic N) is 3. The maximum Gasteiger partial charge on any atom is 0.194 e. The summed E-state index contributed by atoms with van der Waals surface area (Å²) in [7, 11) is 0. The van der Waals surface area contributed by atoms with Gasteiger partial charge in [-0.1, -0.05) is 66.0 Å². The van der Waals surface area contributed by atoms with Crippen LogP contribution in [0.25, 0.3) is 5.69 Å². The van der Waals surface area contributed by atoms with Gasteiger partial charge < -0.3 is 0 Å². The predicted octanol–water partition coefficient (Wildman–Crippen LogP) is 3.56. The second-order valence-corrected chi connectivity index (χ2v) is 9.62. The molecule has 0 saturated heterocycles. The first-order chi connectivity index (χ1) is 7.09. The highest BCUT2D eigenvalue weighted by atomic mass is 80.0. The van der Waals surface area contributed by atoms with E-state index in [2.05, 4.69) is 58.0 Å². The van der Waals surface area contributed by atoms with Crippen LogP contribution in [0.15, 0.2) is 36.7 Å². The smallest absolute Gasteiger partial charge is 0.194 e. The van der Waals surface area contributed by atoms with Gasteiger partial charge in [-0.05, 0) is 12.1 Å². The van der Waals surface area contributed by atoms with Crippen LogP contribution in [0.5, 0.6) is 0 Å². The van der Waals surface area contributed by atoms with Gasteiger partial charge >= 0.3 is 0 Å². The molecule has 0 radical (unpaired) electrons. The third kappa shape index (κ3) is 2.49. The molecule has 0 aliphatic rings. The minimum atomic E-state index is -0.556. The predicted molar refractivity (Wildman–Crippen MR) is 69.8 cm³/mol. The third-order valence-corrected chi connectivity index (χ3v) is 2.90. The third-order valence-electron chi connectivity index (χ3n) is 1.84. The zero-order valence-corrected chi connectivity index (χ0v) is 12.2. The lowest BCUT2D eigenvalue weighted by Crippen LogP contribution is -2.08. The molecule has 0 fully saturated rings. The molecule has 3 nitrogen and oxygen atoms in total. The van der Waals surface area contributed by atoms with E-state index in [0.29, 0.717) is 0 Å². The van der Waals surface area contributed by atoms with Crippen molar-refractivity contribution in [2.45, 2.75) is 2.14 Å². The molecular formula is C9H6Br3N3. The zero-order chi connectivity index (χ0) is 10.9. The van der Waals surface area contributed by atoms with E-state index in [-0.39, 0.29) is 0 Å². The molecule has 15 heavy (non-hydrogen) atoms. The first-order valence-electron chi connectivity index (χ1n) is 4.11. The van der Waals surface area contributed by atoms with Gasteiger partial charge in [0.05, 0.1) is 0 Å². The van der Waals surface area contributed by atoms with Crippen LogP contribution in [0.1, 0.15) is 5.82 Å². The molecule has 0 aliphatic carbocycles. The fourth-order valence-electron chi connectivity index (χ4n) is 1.21. The highest BCUT2D eigenvalue weighted by Crippen LogP contribution is 2.43. The monoisotopic (exact) mass is 393 g/mol. The summed E-state index contributed by atoms with van der Waals surface area (Å²) in [6.45, 7) is 0. The van der Waals surface area contributed by atoms with Gasteiger partial charge in [-0.15, -0.1) is 10.2 Å². The fourth-order valence-corrected chi connectivity index (χ4v) is 2.02. The van der Waals surface area contributed by atoms with E-state index in [9.17, 15) is 0 Å². The Kier molecular flexibility index (Phi) is 3.27. The lowest BCUT2D eigenvalue weighted by Gasteiger charge is -2.13. The van der Waals surface area contributed by atoms with Crippen molar-refractivity contribution in [3.05, 3.63) is 42.5 Å². The summed E-state index contributed by atoms with van der Waals surface area (Å²) >= 11 is 10.3. The maximum absolute atomic E-state index is 4.04. The van der Waals surface area contributed by atoms with Crippen molar-refractivity contribution in [1.29, 1.82) is 0 Å². The van der Waals surface area contributed by atoms with Crippen LogP contribution < -0.4 is 0 Å². The first kappa shape index (κ1) is 11.3. The van der Waals surface area contributed by atoms with E-state index >= 15 is 0 Å². The second-order valence-electron chi connectivity index (χ2n) is 2.86. The van der Waals surface area contributed by atoms with Gasteiger partial charge in [0.25, 0.3) is 0 Å². The molecule has 0 unspecified atom stereocenters. The molecule has 0 amide bonds. The van der Waals surface area contributed by atoms with Gasteiger partial charge in [-0.2, -0.15) is 0 Å². The van der Waals surface area contributed by atoms with Gasteiger partial charge in [-0.3, -0.25) is 4.57 Å². The normalized spacial score (nSPS) is 11.7. The molecule has 0 bridgehead atoms. The molecule has 0 N–H and O–H groups in total. The highest BCUT2D eigenvalue weighted by Gasteiger charge is 2.27. The van der Waals surface area contributed by atoms with Crippen molar-refractivity contribution in [3.63, 3.8) is 0 Å². The molecule has 6 heteroatoms. The maximum atomic E-state index is 4.04. The summed E-state index contributed by atoms with van der Waals surface area (Å²) in [6, 6.07) is 9.89. The Labute approximate surface area is 112 Å². The van der Waals surface area contributed by atoms with Crippen LogP contribution in [0.4, 0.5) is 0 Å². The molecule has 1 heterocycles. The summed E-state index contributed by atoms with van der Waals surface area (Å²) in [5.41, 5.74) is 1.01. The number of benzene rings is 1. The summed E-state index contributed by atoms with van der Waals surface area (Å²) < 4.78 is 1.33. The van der Waals surface area contributed by atoms with Crippen LogP contribution in [0.2, 0.25) is 0 Å². The topological polar surface area (TPSA) is 30.7 Å². The van der Waals surface area contributed by atoms with Crippen molar-refractivity contribution in [1.82, 2.24) is 14.8 Å². The van der Waals surface area contributed by atoms with E-state index in [1.165, 1.54) is 0 Å². The number of hydrogen-bond donors (Lipinski definition) is 0. The fraction of sp³-hybridized carbons (Fsp3) is 0.111. The Hall–Kier alpha value is -0.200. The molecule has 1 aromatic carbocycles. The van der Waals surface area contributed by atoms with E-state index in [1.807, 2.05) is 34.9 Å². The molecule has 0 atom stereocenters. The summed E-state index contributed by atoms with van der Waals surface area (Å²) in [6.07, 6.45) is 1.67. The summed E-state index contributed by atoms with van der Waals surface area (Å²) in [5, 5.41) is 7.92. The average molecular weight is 396 g/mol. The Morgan fingerprint density at radius 2 is 1.73 bits per heavy atom. The standard InChI is InChI=1S/C9H6Br3N3/c10-9(11,12)8-14-13-6-15(8)7-4-2-1-3-5-7/h1-6H. The Morgan fingerprint density at radius 3 is 2.33 bits per heavy atom. The molecule has 78 valence electrons. The van der Waals surface area contributed by atoms with Crippen LogP contribution in [0.3, 0.4) is 0 Å². The van der Waals surface area contributed by atoms with Crippen LogP contribution in [-0.4, -0.2) is 14.8 Å². The van der Waals surface area contributed by atoms with Gasteiger partial charge in [0.1, 0.15) is 6.33 Å². The van der Waals surface area contributed by atoms with Crippen molar-refractivity contribution < 1.29 is 0 Å². The Balaban J connectivity index is 2.51. The van der Waals surface area contributed by atoms with E-state index in [4.69, 9.17) is 0 Å². The zero-order valence-electron chi connectivity index (χ0n) is 7.44. The number of aromatic nitrogens is 3. The minimum absolute atomic E-state index is 0.556. The molecule has 0 saturated carbocycles. The largest absolute Gasteiger partial charge is 0.283 e. The Bertz CT molecular complexity index is 447. The number of halogens is 3. The quantitative estimate of drug-likeness (QED) is 0.691. The molecular weight excluding hydrogens is 390 g/mol. The Morgan fingerprint density at radius 1 is 1.07 bits per heavy atom. The molecule has 2 rings (SSSR count). The summed E-state index contributed by atoms with van der Waals surface area (Å²) in [5.74, 6) is 0.730. The van der Waals surface area contributed by atoms with E-state index < -0.39 is 2.14 Å². The first-order valence-corrected chi connectivity index (χ1v) is 6.49. The number of hydrogen-bond acceptors (Lipinski definition) is 2. The highest BCUT2D eigenvalue weighted by molar-refractivity contribution is 9.38. The minimum Gasteiger partial charge on any atom is -0.283 e. The van der Waals surface area contributed by atoms with Crippen LogP contribution in [0, 0.1) is 0 Å². The van der Waals surface area contributed by atoms with Crippen molar-refractivity contribution in [2.24, 2.45) is 0 Å². The molecule has 0 spiro atoms. The van der Waals surface area contributed by atoms with E-state index in [0.717, 1.165) is 11.5 Å². The van der Waals surface area contributed by atoms with Crippen LogP contribution in [-0.2, 0) is 2.14 Å². The number of para-hydroxylation sites is 1. The van der Waals surface area contributed by atoms with Crippen molar-refractivity contribution in [2.75, 3.05) is 0 Å². The SMILES string of the molecule is BrC(Br)(Br)c1nncn1-c1ccccc1. The van der Waals surface area contributed by atoms with Crippen LogP contribution >= 0.6 is 47.8 Å². The number of alkyl halides is 3. The molecule has 0 aliphatic heterocycles. The van der Waals surface area contributed by atoms with E-state index in [1.54, 1.807) is 6.33 Å². The van der Waals surface area contributed by atoms with Crippen molar-refractivity contribution >= 4 is 47.8 Å². The second kappa shape index (κ2) is 4.35. The average Bonchev–Trinajstić information content (AvgIpc) is 2.67. The molecule has 2 aromatic rings. The lowest BCUT2D eigenvalue weighted by atomic mass is 10.3. The summed E-state index contributed by atoms with van der Waals surface area (Å²) in [4.78, 5) is 0. The lowest BCUT2D eigenvalue weighted by molar-refractivity contribution is 0.941. The van der Waals surface area contributed by atoms with Gasteiger partial charge in [0.2, 0.25) is 0 Å². The van der Waals surface area contributed by atoms with Gasteiger partial charge in [0.15, 0.2) is 7.97 Å². The van der Waals surface area contributed by atoms with Gasteiger partial charge in [-0.25, -0.2) is 0 Å². The number of rotatable bonds is 1. The molecule has 1 aromatic heterocycles.